The number of aromatic hydroxyl groups is 1. The summed E-state index contributed by atoms with van der Waals surface area (Å²) in [7, 11) is -3.24. The molecule has 0 spiro atoms. The molecule has 2 unspecified atom stereocenters. The van der Waals surface area contributed by atoms with Crippen LogP contribution in [0.15, 0.2) is 18.2 Å². The SMILES string of the molecule is Cc1cc2c(cc1O)OP1(=O)CC2c2c(C)cc(C)c(C)c2O1. The van der Waals surface area contributed by atoms with E-state index in [0.29, 0.717) is 17.7 Å². The molecule has 0 fully saturated rings. The molecule has 23 heavy (non-hydrogen) atoms. The zero-order valence-electron chi connectivity index (χ0n) is 13.6. The van der Waals surface area contributed by atoms with Crippen LogP contribution in [0.25, 0.3) is 0 Å². The van der Waals surface area contributed by atoms with Crippen molar-refractivity contribution in [2.75, 3.05) is 6.16 Å². The van der Waals surface area contributed by atoms with E-state index in [0.717, 1.165) is 33.4 Å². The van der Waals surface area contributed by atoms with Crippen molar-refractivity contribution in [2.45, 2.75) is 33.6 Å². The third kappa shape index (κ3) is 2.01. The molecule has 4 nitrogen and oxygen atoms in total. The molecule has 2 aliphatic rings. The Kier molecular flexibility index (Phi) is 2.90. The first kappa shape index (κ1) is 14.6. The lowest BCUT2D eigenvalue weighted by Crippen LogP contribution is -2.26. The molecule has 4 rings (SSSR count). The third-order valence-electron chi connectivity index (χ3n) is 4.96. The van der Waals surface area contributed by atoms with Gasteiger partial charge in [0.15, 0.2) is 0 Å². The van der Waals surface area contributed by atoms with Crippen molar-refractivity contribution >= 4 is 7.60 Å². The summed E-state index contributed by atoms with van der Waals surface area (Å²) in [5.74, 6) is 1.30. The standard InChI is InChI=1S/C18H19O4P/c1-9-5-11(3)17-14-8-23(20,22-18(17)12(9)4)21-16-7-15(19)10(2)6-13(14)16/h5-7,14,19H,8H2,1-4H3. The number of fused-ring (bicyclic) bond motifs is 6. The topological polar surface area (TPSA) is 55.8 Å². The van der Waals surface area contributed by atoms with Crippen LogP contribution in [0.3, 0.4) is 0 Å². The molecule has 2 aliphatic heterocycles. The third-order valence-corrected chi connectivity index (χ3v) is 6.71. The van der Waals surface area contributed by atoms with Crippen LogP contribution in [0.1, 0.15) is 39.3 Å². The number of aryl methyl sites for hydroxylation is 3. The van der Waals surface area contributed by atoms with Crippen LogP contribution in [0.5, 0.6) is 17.2 Å². The summed E-state index contributed by atoms with van der Waals surface area (Å²) in [5.41, 5.74) is 6.13. The van der Waals surface area contributed by atoms with E-state index in [1.165, 1.54) is 0 Å². The summed E-state index contributed by atoms with van der Waals surface area (Å²) in [6, 6.07) is 5.63. The molecule has 2 heterocycles. The van der Waals surface area contributed by atoms with Gasteiger partial charge in [-0.15, -0.1) is 0 Å². The van der Waals surface area contributed by atoms with E-state index in [9.17, 15) is 9.67 Å². The van der Waals surface area contributed by atoms with E-state index >= 15 is 0 Å². The lowest BCUT2D eigenvalue weighted by Gasteiger charge is -2.39. The van der Waals surface area contributed by atoms with Crippen molar-refractivity contribution in [2.24, 2.45) is 0 Å². The van der Waals surface area contributed by atoms with Crippen molar-refractivity contribution in [3.63, 3.8) is 0 Å². The normalized spacial score (nSPS) is 24.3. The fourth-order valence-corrected chi connectivity index (χ4v) is 5.61. The van der Waals surface area contributed by atoms with Crippen molar-refractivity contribution in [1.29, 1.82) is 0 Å². The molecule has 0 saturated carbocycles. The Morgan fingerprint density at radius 1 is 1.04 bits per heavy atom. The predicted molar refractivity (Wildman–Crippen MR) is 89.1 cm³/mol. The van der Waals surface area contributed by atoms with Crippen LogP contribution in [0.2, 0.25) is 0 Å². The Morgan fingerprint density at radius 2 is 1.78 bits per heavy atom. The molecule has 5 heteroatoms. The first-order valence-corrected chi connectivity index (χ1v) is 9.44. The molecule has 2 aromatic rings. The van der Waals surface area contributed by atoms with Gasteiger partial charge in [0.2, 0.25) is 0 Å². The molecule has 0 amide bonds. The predicted octanol–water partition coefficient (Wildman–Crippen LogP) is 4.74. The second-order valence-corrected chi connectivity index (χ2v) is 8.54. The second kappa shape index (κ2) is 4.55. The zero-order valence-corrected chi connectivity index (χ0v) is 14.5. The molecule has 0 radical (unpaired) electrons. The number of phenolic OH excluding ortho intramolecular Hbond substituents is 1. The van der Waals surface area contributed by atoms with Gasteiger partial charge in [-0.25, -0.2) is 4.57 Å². The maximum atomic E-state index is 13.0. The van der Waals surface area contributed by atoms with Crippen LogP contribution >= 0.6 is 7.60 Å². The molecule has 2 atom stereocenters. The molecule has 0 aromatic heterocycles. The Balaban J connectivity index is 2.04. The molecule has 2 bridgehead atoms. The van der Waals surface area contributed by atoms with E-state index in [1.807, 2.05) is 26.8 Å². The van der Waals surface area contributed by atoms with Gasteiger partial charge in [-0.1, -0.05) is 6.07 Å². The summed E-state index contributed by atoms with van der Waals surface area (Å²) < 4.78 is 24.6. The van der Waals surface area contributed by atoms with Gasteiger partial charge in [-0.3, -0.25) is 0 Å². The molecule has 0 aliphatic carbocycles. The van der Waals surface area contributed by atoms with Gasteiger partial charge in [-0.05, 0) is 56.0 Å². The molecule has 120 valence electrons. The van der Waals surface area contributed by atoms with E-state index < -0.39 is 7.60 Å². The average molecular weight is 330 g/mol. The Hall–Kier alpha value is -1.93. The zero-order chi connectivity index (χ0) is 16.5. The Bertz CT molecular complexity index is 901. The van der Waals surface area contributed by atoms with E-state index in [2.05, 4.69) is 13.0 Å². The number of hydrogen-bond donors (Lipinski definition) is 1. The fourth-order valence-electron chi connectivity index (χ4n) is 3.62. The highest BCUT2D eigenvalue weighted by Crippen LogP contribution is 2.64. The first-order chi connectivity index (χ1) is 10.8. The van der Waals surface area contributed by atoms with Crippen molar-refractivity contribution in [3.05, 3.63) is 51.6 Å². The smallest absolute Gasteiger partial charge is 0.431 e. The van der Waals surface area contributed by atoms with Gasteiger partial charge in [0.25, 0.3) is 0 Å². The van der Waals surface area contributed by atoms with Crippen LogP contribution in [-0.2, 0) is 4.57 Å². The maximum absolute atomic E-state index is 13.0. The maximum Gasteiger partial charge on any atom is 0.431 e. The fraction of sp³-hybridized carbons (Fsp3) is 0.333. The lowest BCUT2D eigenvalue weighted by molar-refractivity contribution is 0.353. The average Bonchev–Trinajstić information content (AvgIpc) is 2.46. The van der Waals surface area contributed by atoms with Crippen molar-refractivity contribution in [1.82, 2.24) is 0 Å². The van der Waals surface area contributed by atoms with Gasteiger partial charge >= 0.3 is 7.60 Å². The van der Waals surface area contributed by atoms with Crippen LogP contribution < -0.4 is 9.05 Å². The molecular weight excluding hydrogens is 311 g/mol. The minimum atomic E-state index is -3.24. The van der Waals surface area contributed by atoms with E-state index in [4.69, 9.17) is 9.05 Å². The Morgan fingerprint density at radius 3 is 2.52 bits per heavy atom. The van der Waals surface area contributed by atoms with Crippen molar-refractivity contribution in [3.8, 4) is 17.2 Å². The number of benzene rings is 2. The van der Waals surface area contributed by atoms with E-state index in [-0.39, 0.29) is 11.7 Å². The van der Waals surface area contributed by atoms with Crippen molar-refractivity contribution < 1.29 is 18.7 Å². The minimum Gasteiger partial charge on any atom is -0.508 e. The molecule has 2 aromatic carbocycles. The van der Waals surface area contributed by atoms with E-state index in [1.54, 1.807) is 6.07 Å². The lowest BCUT2D eigenvalue weighted by atomic mass is 9.85. The van der Waals surface area contributed by atoms with Gasteiger partial charge in [0, 0.05) is 23.1 Å². The summed E-state index contributed by atoms with van der Waals surface area (Å²) in [6.07, 6.45) is 0.348. The summed E-state index contributed by atoms with van der Waals surface area (Å²) in [5, 5.41) is 9.94. The van der Waals surface area contributed by atoms with Crippen LogP contribution in [0.4, 0.5) is 0 Å². The van der Waals surface area contributed by atoms with Crippen LogP contribution in [-0.4, -0.2) is 11.3 Å². The van der Waals surface area contributed by atoms with Gasteiger partial charge < -0.3 is 14.2 Å². The number of hydrogen-bond acceptors (Lipinski definition) is 4. The highest BCUT2D eigenvalue weighted by molar-refractivity contribution is 7.55. The van der Waals surface area contributed by atoms with Gasteiger partial charge in [0.1, 0.15) is 17.2 Å². The molecule has 1 N–H and O–H groups in total. The summed E-state index contributed by atoms with van der Waals surface area (Å²) in [6.45, 7) is 7.94. The summed E-state index contributed by atoms with van der Waals surface area (Å²) >= 11 is 0. The second-order valence-electron chi connectivity index (χ2n) is 6.58. The highest BCUT2D eigenvalue weighted by atomic mass is 31.2. The number of phenols is 1. The quantitative estimate of drug-likeness (QED) is 0.709. The monoisotopic (exact) mass is 330 g/mol. The highest BCUT2D eigenvalue weighted by Gasteiger charge is 2.46. The minimum absolute atomic E-state index is 0.0214. The summed E-state index contributed by atoms with van der Waals surface area (Å²) in [4.78, 5) is 0. The molecular formula is C18H19O4P. The van der Waals surface area contributed by atoms with Gasteiger partial charge in [0.05, 0.1) is 6.16 Å². The van der Waals surface area contributed by atoms with Gasteiger partial charge in [-0.2, -0.15) is 0 Å². The Labute approximate surface area is 135 Å². The molecule has 0 saturated heterocycles. The largest absolute Gasteiger partial charge is 0.508 e. The van der Waals surface area contributed by atoms with Crippen LogP contribution in [0, 0.1) is 27.7 Å². The number of rotatable bonds is 0. The first-order valence-electron chi connectivity index (χ1n) is 7.71.